The second kappa shape index (κ2) is 9.69. The van der Waals surface area contributed by atoms with Crippen molar-refractivity contribution >= 4 is 51.0 Å². The van der Waals surface area contributed by atoms with Crippen LogP contribution in [0.4, 0.5) is 22.5 Å². The number of nitrogens with one attached hydrogen (secondary N) is 2. The third kappa shape index (κ3) is 4.24. The van der Waals surface area contributed by atoms with Gasteiger partial charge in [-0.25, -0.2) is 19.9 Å². The van der Waals surface area contributed by atoms with E-state index in [-0.39, 0.29) is 5.82 Å². The van der Waals surface area contributed by atoms with Crippen LogP contribution in [0.3, 0.4) is 0 Å². The molecule has 8 nitrogen and oxygen atoms in total. The van der Waals surface area contributed by atoms with E-state index in [4.69, 9.17) is 16.1 Å². The maximum absolute atomic E-state index is 8.01. The average molecular weight is 449 g/mol. The van der Waals surface area contributed by atoms with E-state index in [0.29, 0.717) is 23.6 Å². The quantitative estimate of drug-likeness (QED) is 0.463. The maximum atomic E-state index is 8.01. The van der Waals surface area contributed by atoms with Crippen LogP contribution < -0.4 is 16.0 Å². The largest absolute Gasteiger partial charge is 0.383 e. The number of rotatable bonds is 5. The molecule has 32 heavy (non-hydrogen) atoms. The topological polar surface area (TPSA) is 116 Å². The standard InChI is InChI=1S/C21H22N8S.C2H6/c1-11-6-5-7-24-20(11)29-14(4)16-12(2)9-30-21(16)28-15(29)8-25-19-17(13(3)22)18(23)26-10-27-19;1-2/h5-7,9-10,22H,4,8H2,1-3H3,(H3,23,25,26,27);1-2H3. The molecule has 4 heterocycles. The number of aliphatic imine (C=N–C) groups is 1. The van der Waals surface area contributed by atoms with Crippen molar-refractivity contribution in [3.05, 3.63) is 58.9 Å². The maximum Gasteiger partial charge on any atom is 0.141 e. The minimum Gasteiger partial charge on any atom is -0.383 e. The zero-order valence-corrected chi connectivity index (χ0v) is 19.8. The summed E-state index contributed by atoms with van der Waals surface area (Å²) in [6.45, 7) is 14.4. The Hall–Kier alpha value is -3.59. The summed E-state index contributed by atoms with van der Waals surface area (Å²) in [4.78, 5) is 19.7. The fraction of sp³-hybridized carbons (Fsp3) is 0.261. The number of nitrogen functional groups attached to an aromatic ring is 1. The summed E-state index contributed by atoms with van der Waals surface area (Å²) in [6.07, 6.45) is 3.14. The molecule has 0 spiro atoms. The Morgan fingerprint density at radius 1 is 1.22 bits per heavy atom. The fourth-order valence-electron chi connectivity index (χ4n) is 3.44. The second-order valence-electron chi connectivity index (χ2n) is 7.01. The summed E-state index contributed by atoms with van der Waals surface area (Å²) < 4.78 is 0. The summed E-state index contributed by atoms with van der Waals surface area (Å²) in [5.74, 6) is 2.28. The van der Waals surface area contributed by atoms with E-state index in [9.17, 15) is 0 Å². The van der Waals surface area contributed by atoms with Gasteiger partial charge in [0, 0.05) is 17.5 Å². The number of hydrogen-bond donors (Lipinski definition) is 3. The van der Waals surface area contributed by atoms with Crippen molar-refractivity contribution < 1.29 is 0 Å². The molecule has 0 unspecified atom stereocenters. The molecule has 3 aromatic rings. The summed E-state index contributed by atoms with van der Waals surface area (Å²) in [5.41, 5.74) is 10.8. The van der Waals surface area contributed by atoms with E-state index in [2.05, 4.69) is 39.2 Å². The molecule has 0 saturated heterocycles. The number of fused-ring (bicyclic) bond motifs is 1. The van der Waals surface area contributed by atoms with Crippen molar-refractivity contribution in [2.45, 2.75) is 34.6 Å². The molecule has 4 N–H and O–H groups in total. The highest BCUT2D eigenvalue weighted by Crippen LogP contribution is 2.42. The van der Waals surface area contributed by atoms with E-state index in [0.717, 1.165) is 39.0 Å². The predicted molar refractivity (Wildman–Crippen MR) is 135 cm³/mol. The molecular formula is C23H28N8S. The van der Waals surface area contributed by atoms with Gasteiger partial charge >= 0.3 is 0 Å². The SMILES string of the molecule is C=C1c2c(C)csc2N=C(CNc2ncnc(N)c2C(C)=N)N1c1ncccc1C.CC. The van der Waals surface area contributed by atoms with E-state index < -0.39 is 0 Å². The van der Waals surface area contributed by atoms with Crippen LogP contribution in [0.2, 0.25) is 0 Å². The summed E-state index contributed by atoms with van der Waals surface area (Å²) >= 11 is 1.59. The summed E-state index contributed by atoms with van der Waals surface area (Å²) in [5, 5.41) is 14.3. The lowest BCUT2D eigenvalue weighted by molar-refractivity contribution is 1.11. The lowest BCUT2D eigenvalue weighted by Gasteiger charge is -2.32. The van der Waals surface area contributed by atoms with Gasteiger partial charge in [-0.05, 0) is 43.3 Å². The van der Waals surface area contributed by atoms with Gasteiger partial charge in [-0.1, -0.05) is 26.5 Å². The molecule has 1 aliphatic rings. The highest BCUT2D eigenvalue weighted by Gasteiger charge is 2.29. The number of aromatic nitrogens is 3. The molecule has 0 bridgehead atoms. The number of hydrogen-bond acceptors (Lipinski definition) is 9. The van der Waals surface area contributed by atoms with Gasteiger partial charge in [-0.3, -0.25) is 4.90 Å². The Labute approximate surface area is 192 Å². The molecule has 3 aromatic heterocycles. The van der Waals surface area contributed by atoms with Gasteiger partial charge in [-0.2, -0.15) is 0 Å². The van der Waals surface area contributed by atoms with Crippen molar-refractivity contribution in [1.29, 1.82) is 5.41 Å². The van der Waals surface area contributed by atoms with Crippen molar-refractivity contribution in [1.82, 2.24) is 15.0 Å². The second-order valence-corrected chi connectivity index (χ2v) is 7.87. The van der Waals surface area contributed by atoms with Crippen LogP contribution >= 0.6 is 11.3 Å². The molecule has 0 saturated carbocycles. The molecule has 4 rings (SSSR count). The van der Waals surface area contributed by atoms with Crippen LogP contribution in [-0.2, 0) is 0 Å². The average Bonchev–Trinajstić information content (AvgIpc) is 3.15. The van der Waals surface area contributed by atoms with E-state index in [1.807, 2.05) is 37.8 Å². The van der Waals surface area contributed by atoms with Crippen LogP contribution in [0.5, 0.6) is 0 Å². The van der Waals surface area contributed by atoms with Gasteiger partial charge in [0.1, 0.15) is 34.6 Å². The van der Waals surface area contributed by atoms with E-state index in [1.165, 1.54) is 6.33 Å². The Morgan fingerprint density at radius 2 is 1.97 bits per heavy atom. The minimum absolute atomic E-state index is 0.267. The zero-order valence-electron chi connectivity index (χ0n) is 19.0. The summed E-state index contributed by atoms with van der Waals surface area (Å²) in [6, 6.07) is 3.92. The van der Waals surface area contributed by atoms with Crippen LogP contribution in [0.25, 0.3) is 5.70 Å². The van der Waals surface area contributed by atoms with Crippen molar-refractivity contribution in [3.8, 4) is 0 Å². The van der Waals surface area contributed by atoms with Crippen LogP contribution in [-0.4, -0.2) is 33.0 Å². The first-order chi connectivity index (χ1) is 15.4. The van der Waals surface area contributed by atoms with E-state index in [1.54, 1.807) is 24.5 Å². The van der Waals surface area contributed by atoms with Crippen molar-refractivity contribution in [3.63, 3.8) is 0 Å². The summed E-state index contributed by atoms with van der Waals surface area (Å²) in [7, 11) is 0. The molecule has 0 aliphatic carbocycles. The molecule has 1 aliphatic heterocycles. The first kappa shape index (κ1) is 23.1. The molecule has 0 fully saturated rings. The van der Waals surface area contributed by atoms with Gasteiger partial charge in [0.2, 0.25) is 0 Å². The molecule has 0 radical (unpaired) electrons. The molecule has 0 aromatic carbocycles. The van der Waals surface area contributed by atoms with Gasteiger partial charge in [0.25, 0.3) is 0 Å². The molecular weight excluding hydrogens is 420 g/mol. The number of pyridine rings is 1. The normalized spacial score (nSPS) is 12.5. The Bertz CT molecular complexity index is 1190. The monoisotopic (exact) mass is 448 g/mol. The van der Waals surface area contributed by atoms with Crippen molar-refractivity contribution in [2.24, 2.45) is 4.99 Å². The minimum atomic E-state index is 0.267. The highest BCUT2D eigenvalue weighted by atomic mass is 32.1. The van der Waals surface area contributed by atoms with Crippen LogP contribution in [0.15, 0.2) is 41.6 Å². The van der Waals surface area contributed by atoms with Gasteiger partial charge < -0.3 is 16.5 Å². The van der Waals surface area contributed by atoms with Gasteiger partial charge in [0.05, 0.1) is 17.8 Å². The number of anilines is 3. The predicted octanol–water partition coefficient (Wildman–Crippen LogP) is 5.18. The smallest absolute Gasteiger partial charge is 0.141 e. The van der Waals surface area contributed by atoms with Gasteiger partial charge in [0.15, 0.2) is 0 Å². The zero-order chi connectivity index (χ0) is 23.4. The van der Waals surface area contributed by atoms with Crippen LogP contribution in [0, 0.1) is 19.3 Å². The number of thiophene rings is 1. The lowest BCUT2D eigenvalue weighted by Crippen LogP contribution is -2.37. The molecule has 9 heteroatoms. The number of nitrogens with two attached hydrogens (primary N) is 1. The van der Waals surface area contributed by atoms with Gasteiger partial charge in [-0.15, -0.1) is 11.3 Å². The number of aryl methyl sites for hydroxylation is 2. The Balaban J connectivity index is 0.00000141. The molecule has 0 atom stereocenters. The fourth-order valence-corrected chi connectivity index (χ4v) is 4.41. The third-order valence-electron chi connectivity index (χ3n) is 4.86. The first-order valence-corrected chi connectivity index (χ1v) is 11.2. The van der Waals surface area contributed by atoms with Crippen LogP contribution in [0.1, 0.15) is 43.0 Å². The number of nitrogens with zero attached hydrogens (tertiary/aromatic N) is 5. The first-order valence-electron chi connectivity index (χ1n) is 10.3. The molecule has 0 amide bonds. The Morgan fingerprint density at radius 3 is 2.66 bits per heavy atom. The molecule has 166 valence electrons. The number of amidine groups is 1. The highest BCUT2D eigenvalue weighted by molar-refractivity contribution is 7.14. The lowest BCUT2D eigenvalue weighted by atomic mass is 10.1. The Kier molecular flexibility index (Phi) is 6.99. The third-order valence-corrected chi connectivity index (χ3v) is 5.85. The van der Waals surface area contributed by atoms with Crippen molar-refractivity contribution in [2.75, 3.05) is 22.5 Å². The van der Waals surface area contributed by atoms with E-state index >= 15 is 0 Å².